The van der Waals surface area contributed by atoms with E-state index in [1.807, 2.05) is 38.8 Å². The summed E-state index contributed by atoms with van der Waals surface area (Å²) in [5.74, 6) is 1.18. The molecular weight excluding hydrogens is 289 g/mol. The van der Waals surface area contributed by atoms with Crippen molar-refractivity contribution in [3.63, 3.8) is 0 Å². The van der Waals surface area contributed by atoms with Gasteiger partial charge in [0.2, 0.25) is 0 Å². The number of anilines is 1. The fraction of sp³-hybridized carbons (Fsp3) is 0.375. The highest BCUT2D eigenvalue weighted by Crippen LogP contribution is 2.24. The first kappa shape index (κ1) is 15.7. The first-order valence-corrected chi connectivity index (χ1v) is 7.14. The number of aromatic nitrogens is 2. The third kappa shape index (κ3) is 4.14. The number of benzene rings is 1. The van der Waals surface area contributed by atoms with Crippen molar-refractivity contribution in [3.8, 4) is 0 Å². The molecule has 0 fully saturated rings. The van der Waals surface area contributed by atoms with E-state index in [1.54, 1.807) is 12.1 Å². The highest BCUT2D eigenvalue weighted by atomic mass is 35.5. The third-order valence-electron chi connectivity index (χ3n) is 3.05. The van der Waals surface area contributed by atoms with Crippen LogP contribution in [0.15, 0.2) is 30.3 Å². The summed E-state index contributed by atoms with van der Waals surface area (Å²) in [6, 6.07) is 8.25. The maximum absolute atomic E-state index is 13.2. The van der Waals surface area contributed by atoms with Gasteiger partial charge >= 0.3 is 0 Å². The number of rotatable bonds is 3. The van der Waals surface area contributed by atoms with Gasteiger partial charge in [-0.2, -0.15) is 0 Å². The molecule has 0 amide bonds. The molecule has 0 spiro atoms. The number of hydrogen-bond donors (Lipinski definition) is 0. The van der Waals surface area contributed by atoms with E-state index in [-0.39, 0.29) is 11.2 Å². The molecule has 0 aliphatic carbocycles. The van der Waals surface area contributed by atoms with Gasteiger partial charge < -0.3 is 4.90 Å². The molecule has 0 aliphatic heterocycles. The fourth-order valence-corrected chi connectivity index (χ4v) is 2.10. The average Bonchev–Trinajstić information content (AvgIpc) is 2.37. The third-order valence-corrected chi connectivity index (χ3v) is 3.25. The van der Waals surface area contributed by atoms with E-state index in [4.69, 9.17) is 11.6 Å². The van der Waals surface area contributed by atoms with Gasteiger partial charge in [-0.1, -0.05) is 44.5 Å². The minimum atomic E-state index is -0.239. The van der Waals surface area contributed by atoms with Gasteiger partial charge in [0.15, 0.2) is 0 Å². The molecule has 0 saturated carbocycles. The molecule has 2 aromatic rings. The maximum Gasteiger partial charge on any atom is 0.137 e. The van der Waals surface area contributed by atoms with E-state index in [1.165, 1.54) is 12.1 Å². The van der Waals surface area contributed by atoms with Gasteiger partial charge in [-0.3, -0.25) is 0 Å². The Morgan fingerprint density at radius 3 is 2.52 bits per heavy atom. The molecule has 5 heteroatoms. The Kier molecular flexibility index (Phi) is 4.47. The first-order chi connectivity index (χ1) is 9.75. The second kappa shape index (κ2) is 5.98. The van der Waals surface area contributed by atoms with Crippen LogP contribution in [0.25, 0.3) is 0 Å². The summed E-state index contributed by atoms with van der Waals surface area (Å²) in [5, 5.41) is 0.413. The molecular formula is C16H19ClFN3. The molecule has 0 aliphatic rings. The fourth-order valence-electron chi connectivity index (χ4n) is 1.93. The SMILES string of the molecule is CN(Cc1cccc(F)c1)c1cc(Cl)nc(C(C)(C)C)n1. The molecule has 3 nitrogen and oxygen atoms in total. The molecule has 112 valence electrons. The Balaban J connectivity index is 2.27. The molecule has 1 aromatic carbocycles. The second-order valence-electron chi connectivity index (χ2n) is 6.11. The molecule has 1 aromatic heterocycles. The zero-order valence-corrected chi connectivity index (χ0v) is 13.4. The molecule has 0 radical (unpaired) electrons. The van der Waals surface area contributed by atoms with Gasteiger partial charge in [0.05, 0.1) is 0 Å². The Bertz CT molecular complexity index is 638. The van der Waals surface area contributed by atoms with Gasteiger partial charge in [-0.25, -0.2) is 14.4 Å². The zero-order chi connectivity index (χ0) is 15.6. The van der Waals surface area contributed by atoms with E-state index < -0.39 is 0 Å². The summed E-state index contributed by atoms with van der Waals surface area (Å²) in [6.45, 7) is 6.66. The first-order valence-electron chi connectivity index (χ1n) is 6.76. The van der Waals surface area contributed by atoms with Crippen LogP contribution in [0.4, 0.5) is 10.2 Å². The predicted octanol–water partition coefficient (Wildman–Crippen LogP) is 4.20. The number of nitrogens with zero attached hydrogens (tertiary/aromatic N) is 3. The van der Waals surface area contributed by atoms with Crippen LogP contribution >= 0.6 is 11.6 Å². The smallest absolute Gasteiger partial charge is 0.137 e. The van der Waals surface area contributed by atoms with Crippen molar-refractivity contribution in [2.45, 2.75) is 32.7 Å². The van der Waals surface area contributed by atoms with Crippen LogP contribution in [-0.2, 0) is 12.0 Å². The van der Waals surface area contributed by atoms with Crippen molar-refractivity contribution in [2.24, 2.45) is 0 Å². The minimum absolute atomic E-state index is 0.181. The summed E-state index contributed by atoms with van der Waals surface area (Å²) < 4.78 is 13.2. The van der Waals surface area contributed by atoms with E-state index in [9.17, 15) is 4.39 Å². The summed E-state index contributed by atoms with van der Waals surface area (Å²) in [4.78, 5) is 10.8. The minimum Gasteiger partial charge on any atom is -0.355 e. The molecule has 1 heterocycles. The lowest BCUT2D eigenvalue weighted by Crippen LogP contribution is -2.22. The van der Waals surface area contributed by atoms with Crippen molar-refractivity contribution < 1.29 is 4.39 Å². The molecule has 2 rings (SSSR count). The Morgan fingerprint density at radius 2 is 1.90 bits per heavy atom. The van der Waals surface area contributed by atoms with Gasteiger partial charge in [0.1, 0.15) is 22.6 Å². The number of halogens is 2. The van der Waals surface area contributed by atoms with E-state index >= 15 is 0 Å². The normalized spacial score (nSPS) is 11.5. The molecule has 0 atom stereocenters. The van der Waals surface area contributed by atoms with Crippen LogP contribution < -0.4 is 4.90 Å². The topological polar surface area (TPSA) is 29.0 Å². The Morgan fingerprint density at radius 1 is 1.19 bits per heavy atom. The quantitative estimate of drug-likeness (QED) is 0.796. The highest BCUT2D eigenvalue weighted by Gasteiger charge is 2.19. The van der Waals surface area contributed by atoms with Crippen molar-refractivity contribution in [3.05, 3.63) is 52.7 Å². The monoisotopic (exact) mass is 307 g/mol. The standard InChI is InChI=1S/C16H19ClFN3/c1-16(2,3)15-19-13(17)9-14(20-15)21(4)10-11-6-5-7-12(18)8-11/h5-9H,10H2,1-4H3. The van der Waals surface area contributed by atoms with Crippen LogP contribution in [0, 0.1) is 5.82 Å². The van der Waals surface area contributed by atoms with Crippen LogP contribution in [0.3, 0.4) is 0 Å². The molecule has 0 N–H and O–H groups in total. The molecule has 0 unspecified atom stereocenters. The lowest BCUT2D eigenvalue weighted by molar-refractivity contribution is 0.544. The van der Waals surface area contributed by atoms with Crippen molar-refractivity contribution >= 4 is 17.4 Å². The van der Waals surface area contributed by atoms with Gasteiger partial charge in [0, 0.05) is 25.1 Å². The van der Waals surface area contributed by atoms with E-state index in [0.717, 1.165) is 11.4 Å². The zero-order valence-electron chi connectivity index (χ0n) is 12.7. The Labute approximate surface area is 129 Å². The van der Waals surface area contributed by atoms with Crippen molar-refractivity contribution in [1.29, 1.82) is 0 Å². The van der Waals surface area contributed by atoms with Crippen molar-refractivity contribution in [2.75, 3.05) is 11.9 Å². The average molecular weight is 308 g/mol. The lowest BCUT2D eigenvalue weighted by atomic mass is 9.96. The van der Waals surface area contributed by atoms with Crippen LogP contribution in [0.1, 0.15) is 32.2 Å². The maximum atomic E-state index is 13.2. The molecule has 0 bridgehead atoms. The lowest BCUT2D eigenvalue weighted by Gasteiger charge is -2.22. The van der Waals surface area contributed by atoms with Crippen LogP contribution in [0.5, 0.6) is 0 Å². The van der Waals surface area contributed by atoms with Crippen LogP contribution in [0.2, 0.25) is 5.15 Å². The van der Waals surface area contributed by atoms with Gasteiger partial charge in [0.25, 0.3) is 0 Å². The van der Waals surface area contributed by atoms with Gasteiger partial charge in [-0.05, 0) is 17.7 Å². The molecule has 21 heavy (non-hydrogen) atoms. The Hall–Kier alpha value is -1.68. The second-order valence-corrected chi connectivity index (χ2v) is 6.50. The summed E-state index contributed by atoms with van der Waals surface area (Å²) in [6.07, 6.45) is 0. The van der Waals surface area contributed by atoms with Crippen molar-refractivity contribution in [1.82, 2.24) is 9.97 Å². The summed E-state index contributed by atoms with van der Waals surface area (Å²) in [5.41, 5.74) is 0.698. The van der Waals surface area contributed by atoms with E-state index in [0.29, 0.717) is 17.5 Å². The van der Waals surface area contributed by atoms with Gasteiger partial charge in [-0.15, -0.1) is 0 Å². The van der Waals surface area contributed by atoms with Crippen LogP contribution in [-0.4, -0.2) is 17.0 Å². The summed E-state index contributed by atoms with van der Waals surface area (Å²) >= 11 is 6.09. The summed E-state index contributed by atoms with van der Waals surface area (Å²) in [7, 11) is 1.90. The highest BCUT2D eigenvalue weighted by molar-refractivity contribution is 6.29. The largest absolute Gasteiger partial charge is 0.355 e. The molecule has 0 saturated heterocycles. The predicted molar refractivity (Wildman–Crippen MR) is 84.2 cm³/mol. The van der Waals surface area contributed by atoms with E-state index in [2.05, 4.69) is 9.97 Å². The number of hydrogen-bond acceptors (Lipinski definition) is 3.